The van der Waals surface area contributed by atoms with Crippen LogP contribution >= 0.6 is 11.6 Å². The summed E-state index contributed by atoms with van der Waals surface area (Å²) in [7, 11) is 0. The summed E-state index contributed by atoms with van der Waals surface area (Å²) in [6.45, 7) is 2.15. The molecule has 29 heavy (non-hydrogen) atoms. The molecule has 2 heterocycles. The fourth-order valence-electron chi connectivity index (χ4n) is 3.24. The summed E-state index contributed by atoms with van der Waals surface area (Å²) >= 11 is 6.03. The number of rotatable bonds is 7. The zero-order chi connectivity index (χ0) is 20.1. The molecule has 1 aromatic heterocycles. The smallest absolute Gasteiger partial charge is 0.260 e. The number of carbonyl (C=O) groups is 1. The lowest BCUT2D eigenvalue weighted by molar-refractivity contribution is -0.132. The number of carbonyl (C=O) groups excluding carboxylic acids is 1. The molecule has 0 spiro atoms. The molecule has 1 amide bonds. The second-order valence-electron chi connectivity index (χ2n) is 6.89. The highest BCUT2D eigenvalue weighted by Gasteiger charge is 2.18. The van der Waals surface area contributed by atoms with Crippen molar-refractivity contribution in [1.29, 1.82) is 0 Å². The molecule has 0 radical (unpaired) electrons. The van der Waals surface area contributed by atoms with E-state index in [9.17, 15) is 4.79 Å². The van der Waals surface area contributed by atoms with Crippen LogP contribution in [0, 0.1) is 0 Å². The molecule has 150 valence electrons. The van der Waals surface area contributed by atoms with E-state index >= 15 is 0 Å². The quantitative estimate of drug-likeness (QED) is 0.615. The maximum absolute atomic E-state index is 12.1. The van der Waals surface area contributed by atoms with Crippen LogP contribution in [0.4, 0.5) is 5.69 Å². The van der Waals surface area contributed by atoms with Crippen molar-refractivity contribution in [2.45, 2.75) is 19.4 Å². The van der Waals surface area contributed by atoms with Crippen LogP contribution in [0.15, 0.2) is 59.1 Å². The van der Waals surface area contributed by atoms with Gasteiger partial charge < -0.3 is 19.4 Å². The Hall–Kier alpha value is -2.99. The van der Waals surface area contributed by atoms with Crippen LogP contribution in [0.5, 0.6) is 5.75 Å². The Balaban J connectivity index is 1.32. The number of hydrogen-bond acceptors (Lipinski definition) is 5. The van der Waals surface area contributed by atoms with Gasteiger partial charge in [0.2, 0.25) is 5.89 Å². The number of anilines is 1. The minimum absolute atomic E-state index is 0.0363. The minimum Gasteiger partial charge on any atom is -0.484 e. The van der Waals surface area contributed by atoms with Gasteiger partial charge in [0.25, 0.3) is 5.91 Å². The van der Waals surface area contributed by atoms with E-state index in [0.717, 1.165) is 37.2 Å². The highest BCUT2D eigenvalue weighted by atomic mass is 35.5. The van der Waals surface area contributed by atoms with Gasteiger partial charge in [-0.15, -0.1) is 0 Å². The second kappa shape index (κ2) is 9.01. The van der Waals surface area contributed by atoms with Gasteiger partial charge in [0, 0.05) is 35.4 Å². The van der Waals surface area contributed by atoms with E-state index < -0.39 is 0 Å². The summed E-state index contributed by atoms with van der Waals surface area (Å²) in [5.41, 5.74) is 1.74. The highest BCUT2D eigenvalue weighted by molar-refractivity contribution is 6.30. The third-order valence-electron chi connectivity index (χ3n) is 4.76. The van der Waals surface area contributed by atoms with E-state index in [-0.39, 0.29) is 12.5 Å². The second-order valence-corrected chi connectivity index (χ2v) is 7.32. The van der Waals surface area contributed by atoms with Crippen molar-refractivity contribution in [2.75, 3.05) is 25.0 Å². The third kappa shape index (κ3) is 5.09. The number of hydrogen-bond donors (Lipinski definition) is 1. The topological polar surface area (TPSA) is 67.6 Å². The van der Waals surface area contributed by atoms with Crippen molar-refractivity contribution in [3.05, 3.63) is 65.6 Å². The lowest BCUT2D eigenvalue weighted by Crippen LogP contribution is -2.32. The van der Waals surface area contributed by atoms with Gasteiger partial charge in [-0.25, -0.2) is 4.98 Å². The molecule has 2 aromatic carbocycles. The molecule has 4 rings (SSSR count). The van der Waals surface area contributed by atoms with E-state index in [2.05, 4.69) is 10.3 Å². The average molecular weight is 412 g/mol. The SMILES string of the molecule is O=C(COc1cccc(NCc2ncc(-c3cccc(Cl)c3)o2)c1)N1CCCC1. The first-order valence-electron chi connectivity index (χ1n) is 9.62. The summed E-state index contributed by atoms with van der Waals surface area (Å²) in [4.78, 5) is 18.3. The molecule has 3 aromatic rings. The van der Waals surface area contributed by atoms with Crippen LogP contribution in [-0.2, 0) is 11.3 Å². The Labute approximate surface area is 174 Å². The first-order chi connectivity index (χ1) is 14.2. The fourth-order valence-corrected chi connectivity index (χ4v) is 3.43. The average Bonchev–Trinajstić information content (AvgIpc) is 3.43. The normalized spacial score (nSPS) is 13.5. The van der Waals surface area contributed by atoms with Crippen molar-refractivity contribution in [1.82, 2.24) is 9.88 Å². The van der Waals surface area contributed by atoms with Crippen LogP contribution < -0.4 is 10.1 Å². The van der Waals surface area contributed by atoms with Crippen LogP contribution in [-0.4, -0.2) is 35.5 Å². The Kier molecular flexibility index (Phi) is 6.00. The lowest BCUT2D eigenvalue weighted by atomic mass is 10.2. The summed E-state index contributed by atoms with van der Waals surface area (Å²) < 4.78 is 11.5. The number of likely N-dealkylation sites (tertiary alicyclic amines) is 1. The Morgan fingerprint density at radius 1 is 1.17 bits per heavy atom. The lowest BCUT2D eigenvalue weighted by Gasteiger charge is -2.15. The molecule has 1 aliphatic heterocycles. The van der Waals surface area contributed by atoms with Gasteiger partial charge in [0.05, 0.1) is 12.7 Å². The number of aromatic nitrogens is 1. The predicted molar refractivity (Wildman–Crippen MR) is 112 cm³/mol. The number of nitrogens with one attached hydrogen (secondary N) is 1. The number of halogens is 1. The van der Waals surface area contributed by atoms with E-state index in [1.165, 1.54) is 0 Å². The van der Waals surface area contributed by atoms with Gasteiger partial charge in [-0.3, -0.25) is 4.79 Å². The van der Waals surface area contributed by atoms with Crippen molar-refractivity contribution in [2.24, 2.45) is 0 Å². The molecule has 0 atom stereocenters. The summed E-state index contributed by atoms with van der Waals surface area (Å²) in [5, 5.41) is 3.91. The predicted octanol–water partition coefficient (Wildman–Crippen LogP) is 4.61. The number of ether oxygens (including phenoxy) is 1. The molecule has 6 nitrogen and oxygen atoms in total. The molecule has 7 heteroatoms. The maximum Gasteiger partial charge on any atom is 0.260 e. The largest absolute Gasteiger partial charge is 0.484 e. The van der Waals surface area contributed by atoms with Gasteiger partial charge in [-0.1, -0.05) is 29.8 Å². The summed E-state index contributed by atoms with van der Waals surface area (Å²) in [6, 6.07) is 15.0. The van der Waals surface area contributed by atoms with E-state index in [4.69, 9.17) is 20.8 Å². The van der Waals surface area contributed by atoms with E-state index in [1.54, 1.807) is 6.20 Å². The minimum atomic E-state index is 0.0363. The molecule has 1 fully saturated rings. The number of nitrogens with zero attached hydrogens (tertiary/aromatic N) is 2. The van der Waals surface area contributed by atoms with E-state index in [0.29, 0.717) is 29.0 Å². The van der Waals surface area contributed by atoms with Crippen molar-refractivity contribution < 1.29 is 13.9 Å². The van der Waals surface area contributed by atoms with Crippen LogP contribution in [0.2, 0.25) is 5.02 Å². The van der Waals surface area contributed by atoms with Crippen molar-refractivity contribution in [3.8, 4) is 17.1 Å². The Bertz CT molecular complexity index is 983. The molecule has 0 saturated carbocycles. The van der Waals surface area contributed by atoms with Crippen molar-refractivity contribution in [3.63, 3.8) is 0 Å². The molecule has 1 N–H and O–H groups in total. The summed E-state index contributed by atoms with van der Waals surface area (Å²) in [6.07, 6.45) is 3.84. The Morgan fingerprint density at radius 2 is 2.00 bits per heavy atom. The van der Waals surface area contributed by atoms with Gasteiger partial charge >= 0.3 is 0 Å². The molecular formula is C22H22ClN3O3. The van der Waals surface area contributed by atoms with Crippen LogP contribution in [0.1, 0.15) is 18.7 Å². The highest BCUT2D eigenvalue weighted by Crippen LogP contribution is 2.24. The molecule has 0 aliphatic carbocycles. The van der Waals surface area contributed by atoms with Crippen LogP contribution in [0.3, 0.4) is 0 Å². The molecule has 0 unspecified atom stereocenters. The first kappa shape index (κ1) is 19.3. The molecular weight excluding hydrogens is 390 g/mol. The van der Waals surface area contributed by atoms with Gasteiger partial charge in [-0.05, 0) is 37.1 Å². The standard InChI is InChI=1S/C22H22ClN3O3/c23-17-6-3-5-16(11-17)20-13-25-21(29-20)14-24-18-7-4-8-19(12-18)28-15-22(27)26-9-1-2-10-26/h3-8,11-13,24H,1-2,9-10,14-15H2. The van der Waals surface area contributed by atoms with Crippen molar-refractivity contribution >= 4 is 23.2 Å². The monoisotopic (exact) mass is 411 g/mol. The third-order valence-corrected chi connectivity index (χ3v) is 5.00. The molecule has 0 bridgehead atoms. The van der Waals surface area contributed by atoms with Gasteiger partial charge in [-0.2, -0.15) is 0 Å². The van der Waals surface area contributed by atoms with E-state index in [1.807, 2.05) is 53.4 Å². The zero-order valence-electron chi connectivity index (χ0n) is 15.9. The number of amides is 1. The maximum atomic E-state index is 12.1. The first-order valence-corrected chi connectivity index (χ1v) is 10.0. The van der Waals surface area contributed by atoms with Gasteiger partial charge in [0.15, 0.2) is 12.4 Å². The van der Waals surface area contributed by atoms with Crippen LogP contribution in [0.25, 0.3) is 11.3 Å². The number of oxazole rings is 1. The number of benzene rings is 2. The molecule has 1 aliphatic rings. The Morgan fingerprint density at radius 3 is 2.83 bits per heavy atom. The fraction of sp³-hybridized carbons (Fsp3) is 0.273. The molecule has 1 saturated heterocycles. The zero-order valence-corrected chi connectivity index (χ0v) is 16.7. The van der Waals surface area contributed by atoms with Gasteiger partial charge in [0.1, 0.15) is 5.75 Å². The summed E-state index contributed by atoms with van der Waals surface area (Å²) in [5.74, 6) is 1.92.